The van der Waals surface area contributed by atoms with Crippen LogP contribution < -0.4 is 5.32 Å². The first-order valence-electron chi connectivity index (χ1n) is 9.06. The SMILES string of the molecule is Cc1ccc(-c2cc(C(=O)Nc3snc4c3CCC4)cc3sccc23)cc1. The smallest absolute Gasteiger partial charge is 0.256 e. The van der Waals surface area contributed by atoms with Gasteiger partial charge in [-0.15, -0.1) is 11.3 Å². The van der Waals surface area contributed by atoms with Crippen molar-refractivity contribution in [1.29, 1.82) is 0 Å². The number of benzene rings is 2. The Labute approximate surface area is 165 Å². The van der Waals surface area contributed by atoms with Crippen LogP contribution in [0.3, 0.4) is 0 Å². The van der Waals surface area contributed by atoms with Crippen LogP contribution in [-0.4, -0.2) is 10.3 Å². The van der Waals surface area contributed by atoms with Crippen molar-refractivity contribution >= 4 is 43.9 Å². The number of nitrogens with one attached hydrogen (secondary N) is 1. The number of rotatable bonds is 3. The number of aromatic nitrogens is 1. The minimum atomic E-state index is -0.0583. The molecule has 0 saturated heterocycles. The average molecular weight is 391 g/mol. The van der Waals surface area contributed by atoms with Crippen LogP contribution in [0.5, 0.6) is 0 Å². The zero-order chi connectivity index (χ0) is 18.4. The van der Waals surface area contributed by atoms with E-state index in [1.807, 2.05) is 12.1 Å². The topological polar surface area (TPSA) is 42.0 Å². The van der Waals surface area contributed by atoms with Gasteiger partial charge in [0.1, 0.15) is 5.00 Å². The van der Waals surface area contributed by atoms with E-state index in [-0.39, 0.29) is 5.91 Å². The summed E-state index contributed by atoms with van der Waals surface area (Å²) < 4.78 is 5.62. The maximum atomic E-state index is 13.0. The van der Waals surface area contributed by atoms with Gasteiger partial charge in [-0.25, -0.2) is 0 Å². The fourth-order valence-corrected chi connectivity index (χ4v) is 5.40. The number of thiophene rings is 1. The van der Waals surface area contributed by atoms with E-state index in [0.29, 0.717) is 5.56 Å². The molecule has 5 rings (SSSR count). The molecule has 1 aliphatic carbocycles. The molecule has 0 spiro atoms. The van der Waals surface area contributed by atoms with Gasteiger partial charge in [0.2, 0.25) is 0 Å². The number of carbonyl (C=O) groups is 1. The van der Waals surface area contributed by atoms with Crippen LogP contribution in [0.1, 0.15) is 33.6 Å². The van der Waals surface area contributed by atoms with Crippen molar-refractivity contribution in [2.24, 2.45) is 0 Å². The Balaban J connectivity index is 1.55. The van der Waals surface area contributed by atoms with Crippen molar-refractivity contribution in [3.05, 3.63) is 70.2 Å². The van der Waals surface area contributed by atoms with Crippen molar-refractivity contribution in [2.75, 3.05) is 5.32 Å². The van der Waals surface area contributed by atoms with Crippen molar-refractivity contribution in [3.8, 4) is 11.1 Å². The number of anilines is 1. The maximum absolute atomic E-state index is 13.0. The fraction of sp³-hybridized carbons (Fsp3) is 0.182. The zero-order valence-electron chi connectivity index (χ0n) is 14.9. The van der Waals surface area contributed by atoms with E-state index in [2.05, 4.69) is 52.3 Å². The molecular formula is C22H18N2OS2. The summed E-state index contributed by atoms with van der Waals surface area (Å²) in [5, 5.41) is 7.29. The third-order valence-electron chi connectivity index (χ3n) is 5.13. The van der Waals surface area contributed by atoms with Crippen molar-refractivity contribution < 1.29 is 4.79 Å². The standard InChI is InChI=1S/C22H18N2OS2/c1-13-5-7-14(8-6-13)18-11-15(12-20-16(18)9-10-26-20)21(25)23-22-17-3-2-4-19(17)24-27-22/h5-12H,2-4H2,1H3,(H,23,25). The molecule has 4 aromatic rings. The number of aryl methyl sites for hydroxylation is 2. The van der Waals surface area contributed by atoms with E-state index < -0.39 is 0 Å². The van der Waals surface area contributed by atoms with Gasteiger partial charge in [0.15, 0.2) is 0 Å². The molecular weight excluding hydrogens is 372 g/mol. The van der Waals surface area contributed by atoms with E-state index in [1.165, 1.54) is 28.0 Å². The van der Waals surface area contributed by atoms with Crippen LogP contribution in [0.2, 0.25) is 0 Å². The Hall–Kier alpha value is -2.50. The van der Waals surface area contributed by atoms with Gasteiger partial charge in [0.25, 0.3) is 5.91 Å². The predicted molar refractivity (Wildman–Crippen MR) is 114 cm³/mol. The Bertz CT molecular complexity index is 1150. The van der Waals surface area contributed by atoms with Gasteiger partial charge in [0.05, 0.1) is 5.69 Å². The van der Waals surface area contributed by atoms with Crippen molar-refractivity contribution in [1.82, 2.24) is 4.37 Å². The number of fused-ring (bicyclic) bond motifs is 2. The molecule has 0 bridgehead atoms. The largest absolute Gasteiger partial charge is 0.312 e. The maximum Gasteiger partial charge on any atom is 0.256 e. The Morgan fingerprint density at radius 2 is 1.96 bits per heavy atom. The molecule has 0 radical (unpaired) electrons. The van der Waals surface area contributed by atoms with Crippen LogP contribution in [0.4, 0.5) is 5.00 Å². The highest BCUT2D eigenvalue weighted by atomic mass is 32.1. The number of amides is 1. The van der Waals surface area contributed by atoms with Gasteiger partial charge in [-0.05, 0) is 72.4 Å². The predicted octanol–water partition coefficient (Wildman–Crippen LogP) is 6.07. The number of carbonyl (C=O) groups excluding carboxylic acids is 1. The lowest BCUT2D eigenvalue weighted by molar-refractivity contribution is 0.102. The Morgan fingerprint density at radius 1 is 1.11 bits per heavy atom. The number of hydrogen-bond donors (Lipinski definition) is 1. The van der Waals surface area contributed by atoms with Gasteiger partial charge in [-0.2, -0.15) is 4.37 Å². The minimum Gasteiger partial charge on any atom is -0.312 e. The molecule has 2 aromatic heterocycles. The second-order valence-electron chi connectivity index (χ2n) is 6.97. The van der Waals surface area contributed by atoms with E-state index >= 15 is 0 Å². The molecule has 1 N–H and O–H groups in total. The highest BCUT2D eigenvalue weighted by Crippen LogP contribution is 2.35. The summed E-state index contributed by atoms with van der Waals surface area (Å²) in [5.74, 6) is -0.0583. The quantitative estimate of drug-likeness (QED) is 0.461. The normalized spacial score (nSPS) is 13.1. The molecule has 1 amide bonds. The molecule has 2 aromatic carbocycles. The van der Waals surface area contributed by atoms with Crippen LogP contribution >= 0.6 is 22.9 Å². The first kappa shape index (κ1) is 16.7. The van der Waals surface area contributed by atoms with Gasteiger partial charge in [-0.3, -0.25) is 4.79 Å². The molecule has 27 heavy (non-hydrogen) atoms. The number of hydrogen-bond acceptors (Lipinski definition) is 4. The van der Waals surface area contributed by atoms with Crippen LogP contribution in [0.25, 0.3) is 21.2 Å². The molecule has 0 saturated carbocycles. The van der Waals surface area contributed by atoms with E-state index in [9.17, 15) is 4.79 Å². The summed E-state index contributed by atoms with van der Waals surface area (Å²) in [6.07, 6.45) is 3.17. The van der Waals surface area contributed by atoms with Crippen molar-refractivity contribution in [2.45, 2.75) is 26.2 Å². The van der Waals surface area contributed by atoms with Gasteiger partial charge in [0, 0.05) is 21.2 Å². The zero-order valence-corrected chi connectivity index (χ0v) is 16.5. The number of nitrogens with zero attached hydrogens (tertiary/aromatic N) is 1. The van der Waals surface area contributed by atoms with Crippen molar-refractivity contribution in [3.63, 3.8) is 0 Å². The summed E-state index contributed by atoms with van der Waals surface area (Å²) in [7, 11) is 0. The molecule has 2 heterocycles. The minimum absolute atomic E-state index is 0.0583. The second-order valence-corrected chi connectivity index (χ2v) is 8.69. The molecule has 0 unspecified atom stereocenters. The monoisotopic (exact) mass is 390 g/mol. The fourth-order valence-electron chi connectivity index (χ4n) is 3.68. The first-order valence-corrected chi connectivity index (χ1v) is 10.7. The molecule has 134 valence electrons. The van der Waals surface area contributed by atoms with E-state index in [0.717, 1.165) is 45.8 Å². The summed E-state index contributed by atoms with van der Waals surface area (Å²) in [6, 6.07) is 14.6. The summed E-state index contributed by atoms with van der Waals surface area (Å²) in [4.78, 5) is 13.0. The molecule has 0 atom stereocenters. The average Bonchev–Trinajstić information content (AvgIpc) is 3.39. The van der Waals surface area contributed by atoms with Crippen LogP contribution in [-0.2, 0) is 12.8 Å². The molecule has 0 fully saturated rings. The molecule has 3 nitrogen and oxygen atoms in total. The highest BCUT2D eigenvalue weighted by Gasteiger charge is 2.21. The third-order valence-corrected chi connectivity index (χ3v) is 6.84. The Kier molecular flexibility index (Phi) is 4.06. The van der Waals surface area contributed by atoms with Crippen LogP contribution in [0.15, 0.2) is 47.8 Å². The highest BCUT2D eigenvalue weighted by molar-refractivity contribution is 7.17. The van der Waals surface area contributed by atoms with Crippen LogP contribution in [0, 0.1) is 6.92 Å². The third kappa shape index (κ3) is 2.97. The summed E-state index contributed by atoms with van der Waals surface area (Å²) >= 11 is 3.07. The molecule has 0 aliphatic heterocycles. The first-order chi connectivity index (χ1) is 13.2. The lowest BCUT2D eigenvalue weighted by Crippen LogP contribution is -2.12. The lowest BCUT2D eigenvalue weighted by atomic mass is 9.98. The molecule has 1 aliphatic rings. The van der Waals surface area contributed by atoms with E-state index in [1.54, 1.807) is 11.3 Å². The van der Waals surface area contributed by atoms with Gasteiger partial charge >= 0.3 is 0 Å². The molecule has 5 heteroatoms. The Morgan fingerprint density at radius 3 is 2.81 bits per heavy atom. The summed E-state index contributed by atoms with van der Waals surface area (Å²) in [5.41, 5.74) is 6.55. The lowest BCUT2D eigenvalue weighted by Gasteiger charge is -2.09. The second kappa shape index (κ2) is 6.59. The van der Waals surface area contributed by atoms with Gasteiger partial charge < -0.3 is 5.32 Å². The van der Waals surface area contributed by atoms with Gasteiger partial charge in [-0.1, -0.05) is 29.8 Å². The van der Waals surface area contributed by atoms with E-state index in [4.69, 9.17) is 0 Å². The summed E-state index contributed by atoms with van der Waals surface area (Å²) in [6.45, 7) is 2.08.